The molecule has 14 rings (SSSR count). The molecule has 0 unspecified atom stereocenters. The molecule has 68 heavy (non-hydrogen) atoms. The Hall–Kier alpha value is -6.92. The summed E-state index contributed by atoms with van der Waals surface area (Å²) in [4.78, 5) is 0. The fourth-order valence-electron chi connectivity index (χ4n) is 9.81. The monoisotopic (exact) mass is 966 g/mol. The minimum atomic E-state index is -1.47. The Kier molecular flexibility index (Phi) is 9.36. The zero-order chi connectivity index (χ0) is 45.0. The maximum Gasteiger partial charge on any atom is 0.318 e. The van der Waals surface area contributed by atoms with E-state index in [0.717, 1.165) is 36.8 Å². The van der Waals surface area contributed by atoms with Crippen molar-refractivity contribution in [1.82, 2.24) is 34.7 Å². The molecule has 0 saturated heterocycles. The lowest BCUT2D eigenvalue weighted by molar-refractivity contribution is 0.548. The molecule has 0 spiro atoms. The number of nitrogens with zero attached hydrogens (tertiary/aromatic N) is 8. The summed E-state index contributed by atoms with van der Waals surface area (Å²) >= 11 is 0. The minimum Gasteiger partial charge on any atom is -0.435 e. The van der Waals surface area contributed by atoms with Gasteiger partial charge in [-0.3, -0.25) is 34.7 Å². The Balaban J connectivity index is 1.04. The smallest absolute Gasteiger partial charge is 0.318 e. The maximum absolute atomic E-state index is 7.63. The minimum absolute atomic E-state index is 0.609. The van der Waals surface area contributed by atoms with Crippen LogP contribution in [-0.4, -0.2) is 34.7 Å². The highest BCUT2D eigenvalue weighted by atomic mass is 31.2. The lowest BCUT2D eigenvalue weighted by Crippen LogP contribution is -2.18. The third kappa shape index (κ3) is 6.36. The zero-order valence-electron chi connectivity index (χ0n) is 36.6. The van der Waals surface area contributed by atoms with Crippen LogP contribution < -0.4 is 18.1 Å². The first-order valence-corrected chi connectivity index (χ1v) is 27.1. The van der Waals surface area contributed by atoms with Gasteiger partial charge < -0.3 is 18.1 Å². The topological polar surface area (TPSA) is 76.4 Å². The Morgan fingerprint density at radius 1 is 0.324 bits per heavy atom. The van der Waals surface area contributed by atoms with Gasteiger partial charge in [0.1, 0.15) is 23.0 Å². The normalized spacial score (nSPS) is 15.0. The number of rotatable bonds is 11. The van der Waals surface area contributed by atoms with Gasteiger partial charge in [0, 0.05) is 121 Å². The molecule has 0 N–H and O–H groups in total. The molecule has 0 radical (unpaired) electrons. The van der Waals surface area contributed by atoms with Gasteiger partial charge in [-0.15, -0.1) is 0 Å². The van der Waals surface area contributed by atoms with Crippen molar-refractivity contribution in [1.29, 1.82) is 0 Å². The van der Waals surface area contributed by atoms with E-state index in [2.05, 4.69) is 219 Å². The average Bonchev–Trinajstić information content (AvgIpc) is 4.19. The van der Waals surface area contributed by atoms with E-state index in [1.807, 2.05) is 12.2 Å². The van der Waals surface area contributed by atoms with Crippen LogP contribution in [0.1, 0.15) is 56.7 Å². The summed E-state index contributed by atoms with van der Waals surface area (Å²) in [5.74, 6) is 2.44. The summed E-state index contributed by atoms with van der Waals surface area (Å²) < 4.78 is 48.7. The number of hydrogen-bond donors (Lipinski definition) is 0. The van der Waals surface area contributed by atoms with E-state index in [9.17, 15) is 0 Å². The van der Waals surface area contributed by atoms with Crippen LogP contribution in [0.3, 0.4) is 0 Å². The molecule has 4 aliphatic rings. The summed E-state index contributed by atoms with van der Waals surface area (Å²) in [7, 11) is -5.89. The van der Waals surface area contributed by atoms with Gasteiger partial charge in [-0.05, 0) is 132 Å². The van der Waals surface area contributed by atoms with E-state index >= 15 is 0 Å². The molecule has 0 bridgehead atoms. The van der Waals surface area contributed by atoms with E-state index in [0.29, 0.717) is 34.1 Å². The highest BCUT2D eigenvalue weighted by molar-refractivity contribution is 7.50. The molecule has 16 heteroatoms. The van der Waals surface area contributed by atoms with Crippen molar-refractivity contribution in [2.75, 3.05) is 0 Å². The highest BCUT2D eigenvalue weighted by Gasteiger charge is 2.37. The van der Waals surface area contributed by atoms with Crippen molar-refractivity contribution < 1.29 is 18.1 Å². The van der Waals surface area contributed by atoms with Gasteiger partial charge in [0.05, 0.1) is 11.1 Å². The predicted octanol–water partition coefficient (Wildman–Crippen LogP) is 13.5. The van der Waals surface area contributed by atoms with Crippen LogP contribution in [0.15, 0.2) is 184 Å². The third-order valence-corrected chi connectivity index (χ3v) is 20.5. The van der Waals surface area contributed by atoms with Crippen molar-refractivity contribution in [3.63, 3.8) is 0 Å². The van der Waals surface area contributed by atoms with Crippen molar-refractivity contribution >= 4 is 46.0 Å². The standard InChI is InChI=1S/C52H42N8O4P4/c1-3-37-29-47(61-65-53-21-5-13-39(53)33-40-14-6-22-54(40)65)51(48(30-37)62-66-55-23-7-15-41(55)34-42-16-8-24-56(42)66)52-49(63-67-57-25-9-17-43(57)35-44-18-10-26-58(44)67)31-38(4-2)32-50(52)64-68-59-27-11-19-45(59)36-46-20-12-28-60(46)68/h3-32H,1-2,33-36H2. The number of hydrogen-bond acceptors (Lipinski definition) is 4. The Bertz CT molecular complexity index is 3000. The SMILES string of the molecule is C=Cc1cc(OP2n3cccc3Cc3cccn32)c(-c2c(OP3n4cccc4Cc4cccn43)cc(C=C)cc2OP2n3cccc3Cc3cccn32)c(OP2n3cccc3Cc3cccn32)c1. The van der Waals surface area contributed by atoms with Crippen LogP contribution in [0, 0.1) is 0 Å². The Morgan fingerprint density at radius 2 is 0.515 bits per heavy atom. The van der Waals surface area contributed by atoms with Gasteiger partial charge in [0.15, 0.2) is 0 Å². The number of benzene rings is 2. The fraction of sp³-hybridized carbons (Fsp3) is 0.0769. The first-order chi connectivity index (χ1) is 33.6. The Morgan fingerprint density at radius 3 is 0.691 bits per heavy atom. The van der Waals surface area contributed by atoms with E-state index in [1.54, 1.807) is 0 Å². The molecule has 0 fully saturated rings. The first kappa shape index (κ1) is 40.2. The van der Waals surface area contributed by atoms with Gasteiger partial charge in [0.2, 0.25) is 0 Å². The first-order valence-electron chi connectivity index (χ1n) is 22.4. The second-order valence-electron chi connectivity index (χ2n) is 17.0. The molecule has 4 aliphatic heterocycles. The van der Waals surface area contributed by atoms with Gasteiger partial charge in [-0.2, -0.15) is 0 Å². The zero-order valence-corrected chi connectivity index (χ0v) is 40.1. The molecule has 12 heterocycles. The quantitative estimate of drug-likeness (QED) is 0.121. The number of fused-ring (bicyclic) bond motifs is 8. The van der Waals surface area contributed by atoms with Crippen molar-refractivity contribution in [2.45, 2.75) is 25.7 Å². The molecule has 0 atom stereocenters. The van der Waals surface area contributed by atoms with Crippen LogP contribution in [0.4, 0.5) is 0 Å². The van der Waals surface area contributed by atoms with E-state index in [4.69, 9.17) is 18.1 Å². The molecule has 8 aromatic heterocycles. The highest BCUT2D eigenvalue weighted by Crippen LogP contribution is 2.61. The molecular weight excluding hydrogens is 925 g/mol. The third-order valence-electron chi connectivity index (χ3n) is 13.0. The summed E-state index contributed by atoms with van der Waals surface area (Å²) in [5, 5.41) is 0. The number of aromatic nitrogens is 8. The summed E-state index contributed by atoms with van der Waals surface area (Å²) in [6, 6.07) is 42.6. The molecule has 10 aromatic rings. The lowest BCUT2D eigenvalue weighted by Gasteiger charge is -2.33. The second kappa shape index (κ2) is 15.8. The Labute approximate surface area is 397 Å². The average molecular weight is 967 g/mol. The van der Waals surface area contributed by atoms with Crippen molar-refractivity contribution in [2.24, 2.45) is 0 Å². The van der Waals surface area contributed by atoms with Gasteiger partial charge in [-0.1, -0.05) is 25.3 Å². The summed E-state index contributed by atoms with van der Waals surface area (Å²) in [5.41, 5.74) is 12.6. The maximum atomic E-state index is 7.63. The van der Waals surface area contributed by atoms with Gasteiger partial charge in [-0.25, -0.2) is 0 Å². The van der Waals surface area contributed by atoms with Crippen LogP contribution in [0.5, 0.6) is 23.0 Å². The molecule has 0 aliphatic carbocycles. The van der Waals surface area contributed by atoms with E-state index in [-0.39, 0.29) is 0 Å². The van der Waals surface area contributed by atoms with E-state index in [1.165, 1.54) is 45.6 Å². The molecule has 2 aromatic carbocycles. The summed E-state index contributed by atoms with van der Waals surface area (Å²) in [6.07, 6.45) is 23.9. The van der Waals surface area contributed by atoms with Crippen LogP contribution in [0.2, 0.25) is 0 Å². The summed E-state index contributed by atoms with van der Waals surface area (Å²) in [6.45, 7) is 8.62. The molecule has 0 amide bonds. The molecule has 12 nitrogen and oxygen atoms in total. The van der Waals surface area contributed by atoms with Crippen LogP contribution in [0.25, 0.3) is 23.3 Å². The van der Waals surface area contributed by atoms with Crippen molar-refractivity contribution in [3.05, 3.63) is 241 Å². The second-order valence-corrected chi connectivity index (χ2v) is 23.2. The molecule has 0 saturated carbocycles. The van der Waals surface area contributed by atoms with E-state index < -0.39 is 33.8 Å². The van der Waals surface area contributed by atoms with Crippen LogP contribution in [-0.2, 0) is 25.7 Å². The largest absolute Gasteiger partial charge is 0.435 e. The lowest BCUT2D eigenvalue weighted by atomic mass is 9.97. The van der Waals surface area contributed by atoms with Crippen LogP contribution >= 0.6 is 33.8 Å². The predicted molar refractivity (Wildman–Crippen MR) is 272 cm³/mol. The van der Waals surface area contributed by atoms with Gasteiger partial charge >= 0.3 is 33.8 Å². The van der Waals surface area contributed by atoms with Crippen molar-refractivity contribution in [3.8, 4) is 34.1 Å². The fourth-order valence-corrected chi connectivity index (χ4v) is 17.0. The molecular formula is C52H42N8O4P4. The van der Waals surface area contributed by atoms with Gasteiger partial charge in [0.25, 0.3) is 0 Å². The molecule has 334 valence electrons.